The quantitative estimate of drug-likeness (QED) is 0.662. The van der Waals surface area contributed by atoms with Crippen molar-refractivity contribution in [3.63, 3.8) is 0 Å². The van der Waals surface area contributed by atoms with Gasteiger partial charge in [-0.3, -0.25) is 9.00 Å². The largest absolute Gasteiger partial charge is 0.338 e. The van der Waals surface area contributed by atoms with E-state index in [1.807, 2.05) is 24.3 Å². The zero-order valence-electron chi connectivity index (χ0n) is 8.60. The second kappa shape index (κ2) is 4.14. The lowest BCUT2D eigenvalue weighted by Crippen LogP contribution is -2.29. The van der Waals surface area contributed by atoms with Gasteiger partial charge in [0.2, 0.25) is 5.91 Å². The van der Waals surface area contributed by atoms with E-state index in [9.17, 15) is 9.00 Å². The van der Waals surface area contributed by atoms with Crippen LogP contribution >= 0.6 is 0 Å². The maximum atomic E-state index is 11.8. The molecule has 0 spiro atoms. The van der Waals surface area contributed by atoms with Crippen molar-refractivity contribution in [2.75, 3.05) is 12.3 Å². The maximum Gasteiger partial charge on any atom is 0.219 e. The molecule has 0 saturated heterocycles. The highest BCUT2D eigenvalue weighted by Gasteiger charge is 2.19. The fraction of sp³-hybridized carbons (Fsp3) is 0.364. The fourth-order valence-electron chi connectivity index (χ4n) is 1.71. The second-order valence-electron chi connectivity index (χ2n) is 3.60. The van der Waals surface area contributed by atoms with Crippen molar-refractivity contribution in [1.29, 1.82) is 0 Å². The Morgan fingerprint density at radius 3 is 2.87 bits per heavy atom. The summed E-state index contributed by atoms with van der Waals surface area (Å²) in [6.07, 6.45) is 0. The molecule has 2 rings (SSSR count). The minimum atomic E-state index is -0.964. The lowest BCUT2D eigenvalue weighted by molar-refractivity contribution is -0.129. The fourth-order valence-corrected chi connectivity index (χ4v) is 2.97. The van der Waals surface area contributed by atoms with Gasteiger partial charge in [-0.25, -0.2) is 0 Å². The van der Waals surface area contributed by atoms with Crippen LogP contribution in [-0.2, 0) is 22.1 Å². The molecular formula is C11H13NO2S. The van der Waals surface area contributed by atoms with Gasteiger partial charge in [0.1, 0.15) is 0 Å². The van der Waals surface area contributed by atoms with E-state index < -0.39 is 10.8 Å². The number of carbonyl (C=O) groups excluding carboxylic acids is 1. The first-order valence-electron chi connectivity index (χ1n) is 4.90. The standard InChI is InChI=1S/C11H13NO2S/c1-9(13)12-6-7-15(14)11-5-3-2-4-10(11)8-12/h2-5H,6-8H2,1H3/t15-/m1/s1. The molecule has 1 aromatic carbocycles. The lowest BCUT2D eigenvalue weighted by atomic mass is 10.2. The van der Waals surface area contributed by atoms with E-state index in [2.05, 4.69) is 0 Å². The van der Waals surface area contributed by atoms with Gasteiger partial charge in [-0.05, 0) is 11.6 Å². The topological polar surface area (TPSA) is 37.4 Å². The van der Waals surface area contributed by atoms with Crippen LogP contribution < -0.4 is 0 Å². The molecule has 0 aliphatic carbocycles. The highest BCUT2D eigenvalue weighted by molar-refractivity contribution is 7.85. The van der Waals surface area contributed by atoms with Gasteiger partial charge in [-0.15, -0.1) is 0 Å². The number of nitrogens with zero attached hydrogens (tertiary/aromatic N) is 1. The minimum Gasteiger partial charge on any atom is -0.338 e. The Labute approximate surface area is 91.5 Å². The Balaban J connectivity index is 2.38. The molecule has 0 saturated carbocycles. The van der Waals surface area contributed by atoms with Gasteiger partial charge in [0.05, 0.1) is 10.8 Å². The smallest absolute Gasteiger partial charge is 0.219 e. The molecule has 1 aromatic rings. The molecule has 1 amide bonds. The zero-order valence-corrected chi connectivity index (χ0v) is 9.42. The zero-order chi connectivity index (χ0) is 10.8. The Morgan fingerprint density at radius 2 is 2.13 bits per heavy atom. The van der Waals surface area contributed by atoms with Crippen molar-refractivity contribution in [2.45, 2.75) is 18.4 Å². The van der Waals surface area contributed by atoms with Crippen LogP contribution in [0, 0.1) is 0 Å². The molecule has 0 N–H and O–H groups in total. The first-order valence-corrected chi connectivity index (χ1v) is 6.22. The highest BCUT2D eigenvalue weighted by Crippen LogP contribution is 2.19. The summed E-state index contributed by atoms with van der Waals surface area (Å²) in [7, 11) is -0.964. The van der Waals surface area contributed by atoms with E-state index in [1.165, 1.54) is 0 Å². The second-order valence-corrected chi connectivity index (χ2v) is 5.14. The summed E-state index contributed by atoms with van der Waals surface area (Å²) in [5.74, 6) is 0.583. The Kier molecular flexibility index (Phi) is 2.86. The van der Waals surface area contributed by atoms with Crippen LogP contribution in [-0.4, -0.2) is 27.3 Å². The van der Waals surface area contributed by atoms with Crippen LogP contribution in [0.1, 0.15) is 12.5 Å². The maximum absolute atomic E-state index is 11.8. The van der Waals surface area contributed by atoms with Crippen molar-refractivity contribution in [3.05, 3.63) is 29.8 Å². The first-order chi connectivity index (χ1) is 7.18. The molecule has 0 radical (unpaired) electrons. The SMILES string of the molecule is CC(=O)N1CC[S@@](=O)c2ccccc2C1. The van der Waals surface area contributed by atoms with Gasteiger partial charge < -0.3 is 4.90 Å². The molecule has 3 nitrogen and oxygen atoms in total. The molecular weight excluding hydrogens is 210 g/mol. The van der Waals surface area contributed by atoms with Gasteiger partial charge >= 0.3 is 0 Å². The average Bonchev–Trinajstić information content (AvgIpc) is 2.39. The van der Waals surface area contributed by atoms with Crippen LogP contribution in [0.5, 0.6) is 0 Å². The molecule has 15 heavy (non-hydrogen) atoms. The van der Waals surface area contributed by atoms with Crippen LogP contribution in [0.3, 0.4) is 0 Å². The van der Waals surface area contributed by atoms with Crippen LogP contribution in [0.15, 0.2) is 29.2 Å². The minimum absolute atomic E-state index is 0.0451. The molecule has 1 aliphatic rings. The molecule has 1 aliphatic heterocycles. The molecule has 80 valence electrons. The van der Waals surface area contributed by atoms with Gasteiger partial charge in [0, 0.05) is 30.7 Å². The first kappa shape index (κ1) is 10.4. The lowest BCUT2D eigenvalue weighted by Gasteiger charge is -2.17. The monoisotopic (exact) mass is 223 g/mol. The van der Waals surface area contributed by atoms with Gasteiger partial charge in [-0.1, -0.05) is 18.2 Å². The van der Waals surface area contributed by atoms with E-state index in [-0.39, 0.29) is 5.91 Å². The number of rotatable bonds is 0. The van der Waals surface area contributed by atoms with Crippen molar-refractivity contribution in [3.8, 4) is 0 Å². The van der Waals surface area contributed by atoms with E-state index in [1.54, 1.807) is 11.8 Å². The summed E-state index contributed by atoms with van der Waals surface area (Å²) in [4.78, 5) is 13.9. The number of hydrogen-bond acceptors (Lipinski definition) is 2. The molecule has 1 heterocycles. The summed E-state index contributed by atoms with van der Waals surface area (Å²) in [5, 5.41) is 0. The van der Waals surface area contributed by atoms with Crippen LogP contribution in [0.4, 0.5) is 0 Å². The Bertz CT molecular complexity index is 417. The van der Waals surface area contributed by atoms with E-state index in [0.717, 1.165) is 10.5 Å². The summed E-state index contributed by atoms with van der Waals surface area (Å²) >= 11 is 0. The van der Waals surface area contributed by atoms with Gasteiger partial charge in [0.15, 0.2) is 0 Å². The molecule has 0 aromatic heterocycles. The molecule has 4 heteroatoms. The third kappa shape index (κ3) is 2.09. The van der Waals surface area contributed by atoms with E-state index in [0.29, 0.717) is 18.8 Å². The molecule has 0 bridgehead atoms. The van der Waals surface area contributed by atoms with E-state index >= 15 is 0 Å². The normalized spacial score (nSPS) is 20.6. The van der Waals surface area contributed by atoms with Crippen molar-refractivity contribution in [1.82, 2.24) is 4.90 Å². The van der Waals surface area contributed by atoms with E-state index in [4.69, 9.17) is 0 Å². The van der Waals surface area contributed by atoms with Gasteiger partial charge in [-0.2, -0.15) is 0 Å². The molecule has 0 unspecified atom stereocenters. The van der Waals surface area contributed by atoms with Gasteiger partial charge in [0.25, 0.3) is 0 Å². The van der Waals surface area contributed by atoms with Crippen LogP contribution in [0.25, 0.3) is 0 Å². The number of carbonyl (C=O) groups is 1. The third-order valence-electron chi connectivity index (χ3n) is 2.57. The van der Waals surface area contributed by atoms with Crippen LogP contribution in [0.2, 0.25) is 0 Å². The Morgan fingerprint density at radius 1 is 1.40 bits per heavy atom. The summed E-state index contributed by atoms with van der Waals surface area (Å²) < 4.78 is 11.8. The number of hydrogen-bond donors (Lipinski definition) is 0. The predicted molar refractivity (Wildman–Crippen MR) is 58.8 cm³/mol. The summed E-state index contributed by atoms with van der Waals surface area (Å²) in [5.41, 5.74) is 1.00. The average molecular weight is 223 g/mol. The number of fused-ring (bicyclic) bond motifs is 1. The molecule has 1 atom stereocenters. The van der Waals surface area contributed by atoms with Crippen molar-refractivity contribution < 1.29 is 9.00 Å². The molecule has 0 fully saturated rings. The van der Waals surface area contributed by atoms with Crippen molar-refractivity contribution >= 4 is 16.7 Å². The number of amides is 1. The highest BCUT2D eigenvalue weighted by atomic mass is 32.2. The summed E-state index contributed by atoms with van der Waals surface area (Å²) in [6, 6.07) is 7.63. The Hall–Kier alpha value is -1.16. The third-order valence-corrected chi connectivity index (χ3v) is 4.01. The number of benzene rings is 1. The predicted octanol–water partition coefficient (Wildman–Crippen LogP) is 1.16. The summed E-state index contributed by atoms with van der Waals surface area (Å²) in [6.45, 7) is 2.71. The van der Waals surface area contributed by atoms with Crippen molar-refractivity contribution in [2.24, 2.45) is 0 Å².